The molecule has 4 aromatic rings. The van der Waals surface area contributed by atoms with Crippen LogP contribution in [0.15, 0.2) is 22.2 Å². The molecule has 1 fully saturated rings. The third-order valence-corrected chi connectivity index (χ3v) is 5.27. The van der Waals surface area contributed by atoms with Crippen molar-refractivity contribution < 1.29 is 20.1 Å². The van der Waals surface area contributed by atoms with Crippen molar-refractivity contribution >= 4 is 34.2 Å². The van der Waals surface area contributed by atoms with Crippen LogP contribution < -0.4 is 22.2 Å². The fourth-order valence-corrected chi connectivity index (χ4v) is 3.45. The van der Waals surface area contributed by atoms with Crippen LogP contribution in [-0.2, 0) is 11.8 Å². The zero-order chi connectivity index (χ0) is 24.6. The molecule has 1 aliphatic rings. The first kappa shape index (κ1) is 23.3. The third kappa shape index (κ3) is 3.98. The van der Waals surface area contributed by atoms with E-state index in [1.54, 1.807) is 0 Å². The van der Waals surface area contributed by atoms with Gasteiger partial charge in [-0.1, -0.05) is 0 Å². The number of fused-ring (bicyclic) bond motifs is 2. The molecular formula is C18H24N10O6. The highest BCUT2D eigenvalue weighted by atomic mass is 16.6. The lowest BCUT2D eigenvalue weighted by Gasteiger charge is -2.16. The Balaban J connectivity index is 0.000000180. The summed E-state index contributed by atoms with van der Waals surface area (Å²) in [6, 6.07) is 0. The lowest BCUT2D eigenvalue weighted by molar-refractivity contribution is -0.0511. The second-order valence-corrected chi connectivity index (χ2v) is 7.43. The first-order valence-corrected chi connectivity index (χ1v) is 10.3. The van der Waals surface area contributed by atoms with Crippen molar-refractivity contribution in [3.05, 3.63) is 33.4 Å². The van der Waals surface area contributed by atoms with Gasteiger partial charge in [0.25, 0.3) is 11.1 Å². The summed E-state index contributed by atoms with van der Waals surface area (Å²) in [7, 11) is 1.47. The van der Waals surface area contributed by atoms with E-state index in [0.29, 0.717) is 23.7 Å². The fourth-order valence-electron chi connectivity index (χ4n) is 3.45. The first-order valence-electron chi connectivity index (χ1n) is 10.3. The smallest absolute Gasteiger partial charge is 0.282 e. The number of rotatable bonds is 4. The quantitative estimate of drug-likeness (QED) is 0.161. The number of anilines is 2. The van der Waals surface area contributed by atoms with E-state index in [-0.39, 0.29) is 22.7 Å². The molecular weight excluding hydrogens is 452 g/mol. The summed E-state index contributed by atoms with van der Waals surface area (Å²) in [6.07, 6.45) is -1.75. The molecule has 4 atom stereocenters. The average molecular weight is 476 g/mol. The number of nitrogens with one attached hydrogen (secondary N) is 3. The van der Waals surface area contributed by atoms with Crippen LogP contribution in [0, 0.1) is 0 Å². The van der Waals surface area contributed by atoms with Gasteiger partial charge in [-0.05, 0) is 6.92 Å². The highest BCUT2D eigenvalue weighted by Gasteiger charge is 2.44. The minimum Gasteiger partial charge on any atom is -0.394 e. The monoisotopic (exact) mass is 476 g/mol. The van der Waals surface area contributed by atoms with Crippen LogP contribution in [0.5, 0.6) is 0 Å². The van der Waals surface area contributed by atoms with Gasteiger partial charge < -0.3 is 36.1 Å². The lowest BCUT2D eigenvalue weighted by Crippen LogP contribution is -2.33. The molecule has 1 saturated heterocycles. The van der Waals surface area contributed by atoms with E-state index in [9.17, 15) is 19.8 Å². The van der Waals surface area contributed by atoms with E-state index in [0.717, 1.165) is 4.57 Å². The van der Waals surface area contributed by atoms with Gasteiger partial charge in [0, 0.05) is 13.6 Å². The Hall–Kier alpha value is -3.86. The topological polar surface area (TPSA) is 235 Å². The summed E-state index contributed by atoms with van der Waals surface area (Å²) in [5, 5.41) is 31.8. The van der Waals surface area contributed by atoms with Crippen LogP contribution in [0.4, 0.5) is 11.9 Å². The van der Waals surface area contributed by atoms with Crippen LogP contribution in [0.25, 0.3) is 22.3 Å². The Labute approximate surface area is 190 Å². The number of H-pyrrole nitrogens is 2. The number of hydrogen-bond acceptors (Lipinski definition) is 12. The van der Waals surface area contributed by atoms with E-state index in [2.05, 4.69) is 35.2 Å². The molecule has 5 rings (SSSR count). The van der Waals surface area contributed by atoms with Gasteiger partial charge in [-0.2, -0.15) is 9.97 Å². The van der Waals surface area contributed by atoms with Crippen molar-refractivity contribution in [2.75, 3.05) is 24.2 Å². The lowest BCUT2D eigenvalue weighted by atomic mass is 10.1. The zero-order valence-corrected chi connectivity index (χ0v) is 18.2. The maximum atomic E-state index is 12.0. The maximum absolute atomic E-state index is 12.0. The molecule has 16 nitrogen and oxygen atoms in total. The number of hydrogen-bond donors (Lipinski definition) is 7. The SMILES string of the molecule is CCNc1nc2nc[nH]c2c(=O)[nH]1.Cn1c(N)nc2c(ncn2[C@@H]2O[C@H](CO)[C@@H](O)[C@H]2O)c1=O. The largest absolute Gasteiger partial charge is 0.394 e. The van der Waals surface area contributed by atoms with Crippen LogP contribution in [0.3, 0.4) is 0 Å². The molecule has 0 aromatic carbocycles. The van der Waals surface area contributed by atoms with Crippen molar-refractivity contribution in [1.29, 1.82) is 0 Å². The number of nitrogens with zero attached hydrogens (tertiary/aromatic N) is 6. The molecule has 4 aromatic heterocycles. The number of aromatic amines is 2. The molecule has 1 aliphatic heterocycles. The zero-order valence-electron chi connectivity index (χ0n) is 18.2. The van der Waals surface area contributed by atoms with Gasteiger partial charge in [-0.25, -0.2) is 9.97 Å². The Kier molecular flexibility index (Phi) is 6.29. The molecule has 0 unspecified atom stereocenters. The maximum Gasteiger partial charge on any atom is 0.282 e. The summed E-state index contributed by atoms with van der Waals surface area (Å²) >= 11 is 0. The highest BCUT2D eigenvalue weighted by Crippen LogP contribution is 2.30. The molecule has 34 heavy (non-hydrogen) atoms. The average Bonchev–Trinajstić information content (AvgIpc) is 3.52. The van der Waals surface area contributed by atoms with E-state index in [1.165, 1.54) is 24.3 Å². The highest BCUT2D eigenvalue weighted by molar-refractivity contribution is 5.71. The molecule has 0 saturated carbocycles. The molecule has 182 valence electrons. The molecule has 8 N–H and O–H groups in total. The number of aromatic nitrogens is 8. The summed E-state index contributed by atoms with van der Waals surface area (Å²) in [5.74, 6) is 0.438. The Morgan fingerprint density at radius 2 is 2.00 bits per heavy atom. The van der Waals surface area contributed by atoms with E-state index in [4.69, 9.17) is 15.6 Å². The molecule has 0 bridgehead atoms. The van der Waals surface area contributed by atoms with Crippen LogP contribution in [0.2, 0.25) is 0 Å². The van der Waals surface area contributed by atoms with Crippen LogP contribution >= 0.6 is 0 Å². The molecule has 16 heteroatoms. The summed E-state index contributed by atoms with van der Waals surface area (Å²) in [6.45, 7) is 2.19. The normalized spacial score (nSPS) is 22.1. The third-order valence-electron chi connectivity index (χ3n) is 5.27. The standard InChI is InChI=1S/C11H15N5O5.C7H9N5O/c1-15-9(20)5-8(14-11(15)12)16(3-13-5)10-7(19)6(18)4(2-17)21-10;1-2-8-7-11-5-4(6(13)12-7)9-3-10-5/h3-4,6-7,10,17-19H,2H2,1H3,(H2,12,14);3H,2H2,1H3,(H3,8,9,10,11,12,13)/t4-,6-,7-,10-;/m1./s1. The predicted molar refractivity (Wildman–Crippen MR) is 119 cm³/mol. The number of nitrogen functional groups attached to an aromatic ring is 1. The van der Waals surface area contributed by atoms with Crippen molar-refractivity contribution in [2.24, 2.45) is 7.05 Å². The number of nitrogens with two attached hydrogens (primary N) is 1. The second-order valence-electron chi connectivity index (χ2n) is 7.43. The number of imidazole rings is 2. The number of aliphatic hydroxyl groups excluding tert-OH is 3. The van der Waals surface area contributed by atoms with Crippen LogP contribution in [0.1, 0.15) is 13.2 Å². The van der Waals surface area contributed by atoms with E-state index < -0.39 is 36.7 Å². The minimum absolute atomic E-state index is 0.0130. The molecule has 0 aliphatic carbocycles. The number of aliphatic hydroxyl groups is 3. The van der Waals surface area contributed by atoms with Gasteiger partial charge in [-0.3, -0.25) is 23.7 Å². The number of ether oxygens (including phenoxy) is 1. The van der Waals surface area contributed by atoms with Crippen molar-refractivity contribution in [3.8, 4) is 0 Å². The van der Waals surface area contributed by atoms with Crippen molar-refractivity contribution in [2.45, 2.75) is 31.5 Å². The van der Waals surface area contributed by atoms with E-state index in [1.807, 2.05) is 6.92 Å². The van der Waals surface area contributed by atoms with Gasteiger partial charge in [0.05, 0.1) is 19.3 Å². The summed E-state index contributed by atoms with van der Waals surface area (Å²) in [4.78, 5) is 44.6. The minimum atomic E-state index is -1.29. The summed E-state index contributed by atoms with van der Waals surface area (Å²) in [5.41, 5.74) is 6.06. The predicted octanol–water partition coefficient (Wildman–Crippen LogP) is -2.60. The molecule has 0 amide bonds. The summed E-state index contributed by atoms with van der Waals surface area (Å²) < 4.78 is 7.85. The fraction of sp³-hybridized carbons (Fsp3) is 0.444. The van der Waals surface area contributed by atoms with Crippen molar-refractivity contribution in [1.82, 2.24) is 39.0 Å². The molecule has 5 heterocycles. The van der Waals surface area contributed by atoms with E-state index >= 15 is 0 Å². The second kappa shape index (κ2) is 9.18. The van der Waals surface area contributed by atoms with Gasteiger partial charge in [0.15, 0.2) is 28.6 Å². The van der Waals surface area contributed by atoms with Crippen molar-refractivity contribution in [3.63, 3.8) is 0 Å². The Bertz CT molecular complexity index is 1420. The Morgan fingerprint density at radius 1 is 1.24 bits per heavy atom. The first-order chi connectivity index (χ1) is 16.3. The molecule has 0 spiro atoms. The van der Waals surface area contributed by atoms with Gasteiger partial charge in [0.1, 0.15) is 18.3 Å². The van der Waals surface area contributed by atoms with Gasteiger partial charge in [0.2, 0.25) is 11.9 Å². The van der Waals surface area contributed by atoms with Gasteiger partial charge >= 0.3 is 0 Å². The van der Waals surface area contributed by atoms with Crippen LogP contribution in [-0.4, -0.2) is 85.8 Å². The molecule has 0 radical (unpaired) electrons. The Morgan fingerprint density at radius 3 is 2.68 bits per heavy atom. The van der Waals surface area contributed by atoms with Gasteiger partial charge in [-0.15, -0.1) is 0 Å².